The second kappa shape index (κ2) is 7.43. The van der Waals surface area contributed by atoms with Crippen LogP contribution in [0.1, 0.15) is 22.9 Å². The van der Waals surface area contributed by atoms with Crippen molar-refractivity contribution < 1.29 is 23.0 Å². The van der Waals surface area contributed by atoms with E-state index < -0.39 is 17.8 Å². The van der Waals surface area contributed by atoms with Crippen molar-refractivity contribution in [2.75, 3.05) is 13.7 Å². The summed E-state index contributed by atoms with van der Waals surface area (Å²) < 4.78 is 43.6. The number of hydrogen-bond donors (Lipinski definition) is 2. The van der Waals surface area contributed by atoms with E-state index in [0.717, 1.165) is 6.07 Å². The minimum Gasteiger partial charge on any atom is -0.497 e. The summed E-state index contributed by atoms with van der Waals surface area (Å²) in [6.45, 7) is 0.0117. The molecule has 0 aliphatic carbocycles. The fraction of sp³-hybridized carbons (Fsp3) is 0.312. The summed E-state index contributed by atoms with van der Waals surface area (Å²) in [4.78, 5) is 3.76. The molecule has 1 atom stereocenters. The van der Waals surface area contributed by atoms with Crippen LogP contribution < -0.4 is 10.1 Å². The third kappa shape index (κ3) is 4.67. The van der Waals surface area contributed by atoms with Crippen molar-refractivity contribution in [3.8, 4) is 5.75 Å². The first-order chi connectivity index (χ1) is 10.9. The fourth-order valence-corrected chi connectivity index (χ4v) is 2.13. The first kappa shape index (κ1) is 17.2. The first-order valence-corrected chi connectivity index (χ1v) is 6.95. The Morgan fingerprint density at radius 3 is 2.74 bits per heavy atom. The summed E-state index contributed by atoms with van der Waals surface area (Å²) in [5.41, 5.74) is -0.255. The number of aromatic nitrogens is 1. The van der Waals surface area contributed by atoms with E-state index in [2.05, 4.69) is 10.3 Å². The van der Waals surface area contributed by atoms with Gasteiger partial charge in [-0.1, -0.05) is 12.1 Å². The van der Waals surface area contributed by atoms with Crippen molar-refractivity contribution in [3.63, 3.8) is 0 Å². The van der Waals surface area contributed by atoms with Gasteiger partial charge in [-0.2, -0.15) is 13.2 Å². The van der Waals surface area contributed by atoms with Crippen LogP contribution in [0.5, 0.6) is 5.75 Å². The van der Waals surface area contributed by atoms with Crippen LogP contribution in [0.3, 0.4) is 0 Å². The molecule has 0 aliphatic heterocycles. The molecule has 124 valence electrons. The molecule has 2 N–H and O–H groups in total. The molecule has 2 rings (SSSR count). The van der Waals surface area contributed by atoms with E-state index in [4.69, 9.17) is 4.74 Å². The topological polar surface area (TPSA) is 54.4 Å². The number of alkyl halides is 3. The molecule has 1 unspecified atom stereocenters. The first-order valence-electron chi connectivity index (χ1n) is 6.95. The predicted octanol–water partition coefficient (Wildman–Crippen LogP) is 2.93. The Bertz CT molecular complexity index is 647. The number of pyridine rings is 1. The molecule has 23 heavy (non-hydrogen) atoms. The summed E-state index contributed by atoms with van der Waals surface area (Å²) >= 11 is 0. The highest BCUT2D eigenvalue weighted by atomic mass is 19.4. The molecule has 0 aliphatic rings. The van der Waals surface area contributed by atoms with Crippen LogP contribution in [0.15, 0.2) is 42.6 Å². The Kier molecular flexibility index (Phi) is 5.57. The van der Waals surface area contributed by atoms with Gasteiger partial charge in [0.05, 0.1) is 24.5 Å². The van der Waals surface area contributed by atoms with E-state index in [1.165, 1.54) is 19.4 Å². The van der Waals surface area contributed by atoms with Gasteiger partial charge in [0.25, 0.3) is 0 Å². The molecule has 0 saturated heterocycles. The monoisotopic (exact) mass is 326 g/mol. The van der Waals surface area contributed by atoms with E-state index in [0.29, 0.717) is 11.3 Å². The van der Waals surface area contributed by atoms with Crippen LogP contribution in [-0.2, 0) is 12.7 Å². The number of nitrogens with zero attached hydrogens (tertiary/aromatic N) is 1. The maximum atomic E-state index is 12.9. The molecule has 4 nitrogen and oxygen atoms in total. The maximum Gasteiger partial charge on any atom is 0.418 e. The van der Waals surface area contributed by atoms with Crippen LogP contribution in [0.4, 0.5) is 13.2 Å². The molecular formula is C16H17F3N2O2. The summed E-state index contributed by atoms with van der Waals surface area (Å²) in [5.74, 6) is 0.602. The normalized spacial score (nSPS) is 12.9. The second-order valence-corrected chi connectivity index (χ2v) is 4.92. The van der Waals surface area contributed by atoms with Gasteiger partial charge >= 0.3 is 6.18 Å². The van der Waals surface area contributed by atoms with Crippen molar-refractivity contribution in [2.24, 2.45) is 0 Å². The standard InChI is InChI=1S/C16H17F3N2O2/c1-23-12-5-2-4-11(8-12)15(22)10-20-9-14-13(16(17,18)19)6-3-7-21-14/h2-8,15,20,22H,9-10H2,1H3. The van der Waals surface area contributed by atoms with Crippen LogP contribution in [-0.4, -0.2) is 23.7 Å². The third-order valence-corrected chi connectivity index (χ3v) is 3.30. The summed E-state index contributed by atoms with van der Waals surface area (Å²) in [7, 11) is 1.52. The zero-order valence-corrected chi connectivity index (χ0v) is 12.5. The SMILES string of the molecule is COc1cccc(C(O)CNCc2ncccc2C(F)(F)F)c1. The van der Waals surface area contributed by atoms with Crippen LogP contribution in [0, 0.1) is 0 Å². The van der Waals surface area contributed by atoms with Crippen molar-refractivity contribution >= 4 is 0 Å². The van der Waals surface area contributed by atoms with Crippen LogP contribution in [0.2, 0.25) is 0 Å². The number of hydrogen-bond acceptors (Lipinski definition) is 4. The summed E-state index contributed by atoms with van der Waals surface area (Å²) in [6, 6.07) is 9.11. The minimum absolute atomic E-state index is 0.0866. The van der Waals surface area contributed by atoms with Crippen molar-refractivity contribution in [2.45, 2.75) is 18.8 Å². The lowest BCUT2D eigenvalue weighted by Gasteiger charge is -2.15. The van der Waals surface area contributed by atoms with E-state index in [1.807, 2.05) is 0 Å². The highest BCUT2D eigenvalue weighted by molar-refractivity contribution is 5.30. The number of halogens is 3. The van der Waals surface area contributed by atoms with Gasteiger partial charge in [0, 0.05) is 19.3 Å². The number of benzene rings is 1. The average molecular weight is 326 g/mol. The highest BCUT2D eigenvalue weighted by Gasteiger charge is 2.33. The Morgan fingerprint density at radius 2 is 2.04 bits per heavy atom. The number of rotatable bonds is 6. The number of nitrogens with one attached hydrogen (secondary N) is 1. The Morgan fingerprint density at radius 1 is 1.26 bits per heavy atom. The average Bonchev–Trinajstić information content (AvgIpc) is 2.54. The zero-order valence-electron chi connectivity index (χ0n) is 12.5. The molecule has 2 aromatic rings. The molecule has 1 aromatic heterocycles. The predicted molar refractivity (Wildman–Crippen MR) is 78.9 cm³/mol. The van der Waals surface area contributed by atoms with Gasteiger partial charge in [-0.25, -0.2) is 0 Å². The van der Waals surface area contributed by atoms with E-state index in [1.54, 1.807) is 24.3 Å². The Hall–Kier alpha value is -2.12. The van der Waals surface area contributed by atoms with Gasteiger partial charge in [-0.05, 0) is 29.8 Å². The number of aliphatic hydroxyl groups excluding tert-OH is 1. The van der Waals surface area contributed by atoms with E-state index >= 15 is 0 Å². The van der Waals surface area contributed by atoms with Crippen molar-refractivity contribution in [1.29, 1.82) is 0 Å². The number of methoxy groups -OCH3 is 1. The van der Waals surface area contributed by atoms with Crippen LogP contribution in [0.25, 0.3) is 0 Å². The molecular weight excluding hydrogens is 309 g/mol. The molecule has 1 aromatic carbocycles. The van der Waals surface area contributed by atoms with Gasteiger partial charge in [0.15, 0.2) is 0 Å². The van der Waals surface area contributed by atoms with Gasteiger partial charge in [0.1, 0.15) is 5.75 Å². The maximum absolute atomic E-state index is 12.9. The molecule has 0 amide bonds. The van der Waals surface area contributed by atoms with Gasteiger partial charge in [-0.3, -0.25) is 4.98 Å². The number of ether oxygens (including phenoxy) is 1. The zero-order chi connectivity index (χ0) is 16.9. The van der Waals surface area contributed by atoms with E-state index in [9.17, 15) is 18.3 Å². The molecule has 0 spiro atoms. The van der Waals surface area contributed by atoms with E-state index in [-0.39, 0.29) is 18.8 Å². The molecule has 0 bridgehead atoms. The van der Waals surface area contributed by atoms with Crippen molar-refractivity contribution in [3.05, 3.63) is 59.4 Å². The minimum atomic E-state index is -4.45. The summed E-state index contributed by atoms with van der Waals surface area (Å²) in [6.07, 6.45) is -4.00. The lowest BCUT2D eigenvalue weighted by Crippen LogP contribution is -2.23. The number of aliphatic hydroxyl groups is 1. The fourth-order valence-electron chi connectivity index (χ4n) is 2.13. The molecule has 0 radical (unpaired) electrons. The Labute approximate surface area is 131 Å². The second-order valence-electron chi connectivity index (χ2n) is 4.92. The lowest BCUT2D eigenvalue weighted by molar-refractivity contribution is -0.138. The third-order valence-electron chi connectivity index (χ3n) is 3.30. The van der Waals surface area contributed by atoms with Crippen molar-refractivity contribution in [1.82, 2.24) is 10.3 Å². The largest absolute Gasteiger partial charge is 0.497 e. The Balaban J connectivity index is 1.97. The lowest BCUT2D eigenvalue weighted by atomic mass is 10.1. The smallest absolute Gasteiger partial charge is 0.418 e. The van der Waals surface area contributed by atoms with Gasteiger partial charge in [-0.15, -0.1) is 0 Å². The quantitative estimate of drug-likeness (QED) is 0.857. The van der Waals surface area contributed by atoms with Gasteiger partial charge < -0.3 is 15.2 Å². The summed E-state index contributed by atoms with van der Waals surface area (Å²) in [5, 5.41) is 12.9. The molecule has 7 heteroatoms. The highest BCUT2D eigenvalue weighted by Crippen LogP contribution is 2.30. The molecule has 0 saturated carbocycles. The van der Waals surface area contributed by atoms with Gasteiger partial charge in [0.2, 0.25) is 0 Å². The molecule has 0 fully saturated rings. The molecule has 1 heterocycles. The van der Waals surface area contributed by atoms with Crippen LogP contribution >= 0.6 is 0 Å².